The summed E-state index contributed by atoms with van der Waals surface area (Å²) in [7, 11) is 0. The highest BCUT2D eigenvalue weighted by atomic mass is 35.5. The van der Waals surface area contributed by atoms with Gasteiger partial charge in [-0.25, -0.2) is 4.98 Å². The summed E-state index contributed by atoms with van der Waals surface area (Å²) in [6.07, 6.45) is 0. The summed E-state index contributed by atoms with van der Waals surface area (Å²) in [5.74, 6) is 1.17. The van der Waals surface area contributed by atoms with Gasteiger partial charge in [-0.3, -0.25) is 10.1 Å². The Morgan fingerprint density at radius 2 is 1.92 bits per heavy atom. The van der Waals surface area contributed by atoms with Gasteiger partial charge in [-0.2, -0.15) is 0 Å². The molecule has 0 amide bonds. The van der Waals surface area contributed by atoms with E-state index in [1.54, 1.807) is 0 Å². The molecule has 0 atom stereocenters. The third-order valence-electron chi connectivity index (χ3n) is 3.48. The Labute approximate surface area is 159 Å². The van der Waals surface area contributed by atoms with Crippen molar-refractivity contribution in [1.29, 1.82) is 0 Å². The van der Waals surface area contributed by atoms with Crippen LogP contribution in [0.15, 0.2) is 47.8 Å². The Bertz CT molecular complexity index is 912. The molecule has 0 N–H and O–H groups in total. The Morgan fingerprint density at radius 3 is 2.62 bits per heavy atom. The molecule has 26 heavy (non-hydrogen) atoms. The largest absolute Gasteiger partial charge is 0.486 e. The van der Waals surface area contributed by atoms with Crippen molar-refractivity contribution in [2.45, 2.75) is 20.1 Å². The zero-order valence-corrected chi connectivity index (χ0v) is 15.4. The van der Waals surface area contributed by atoms with E-state index in [0.29, 0.717) is 12.4 Å². The van der Waals surface area contributed by atoms with Crippen molar-refractivity contribution in [2.75, 3.05) is 0 Å². The van der Waals surface area contributed by atoms with Crippen LogP contribution in [0.4, 0.5) is 5.69 Å². The molecular weight excluding hydrogens is 376 g/mol. The number of aryl methyl sites for hydroxylation is 1. The van der Waals surface area contributed by atoms with Crippen LogP contribution in [0, 0.1) is 17.0 Å². The molecule has 1 aromatic heterocycles. The minimum absolute atomic E-state index is 0.0773. The fourth-order valence-corrected chi connectivity index (χ4v) is 3.05. The zero-order valence-electron chi connectivity index (χ0n) is 13.8. The SMILES string of the molecule is Cc1ccc(OCc2nc(COc3ccc([N+](=O)[O-])cc3Cl)cs2)cc1. The van der Waals surface area contributed by atoms with Crippen molar-refractivity contribution in [1.82, 2.24) is 4.98 Å². The molecule has 0 saturated heterocycles. The summed E-state index contributed by atoms with van der Waals surface area (Å²) in [6, 6.07) is 11.9. The van der Waals surface area contributed by atoms with Gasteiger partial charge in [0.2, 0.25) is 0 Å². The molecule has 3 aromatic rings. The monoisotopic (exact) mass is 390 g/mol. The number of nitro groups is 1. The van der Waals surface area contributed by atoms with Gasteiger partial charge >= 0.3 is 0 Å². The van der Waals surface area contributed by atoms with E-state index in [0.717, 1.165) is 16.5 Å². The Hall–Kier alpha value is -2.64. The quantitative estimate of drug-likeness (QED) is 0.411. The number of halogens is 1. The first-order valence-corrected chi connectivity index (χ1v) is 8.96. The van der Waals surface area contributed by atoms with Crippen LogP contribution in [-0.2, 0) is 13.2 Å². The van der Waals surface area contributed by atoms with Crippen LogP contribution in [0.2, 0.25) is 5.02 Å². The number of thiazole rings is 1. The number of hydrogen-bond acceptors (Lipinski definition) is 6. The van der Waals surface area contributed by atoms with E-state index >= 15 is 0 Å². The van der Waals surface area contributed by atoms with Gasteiger partial charge < -0.3 is 9.47 Å². The molecule has 0 aliphatic rings. The smallest absolute Gasteiger partial charge is 0.271 e. The number of rotatable bonds is 7. The minimum Gasteiger partial charge on any atom is -0.486 e. The van der Waals surface area contributed by atoms with Crippen molar-refractivity contribution >= 4 is 28.6 Å². The minimum atomic E-state index is -0.504. The molecule has 0 saturated carbocycles. The van der Waals surface area contributed by atoms with Crippen LogP contribution in [0.5, 0.6) is 11.5 Å². The lowest BCUT2D eigenvalue weighted by atomic mass is 10.2. The maximum absolute atomic E-state index is 10.7. The topological polar surface area (TPSA) is 74.5 Å². The molecule has 0 unspecified atom stereocenters. The van der Waals surface area contributed by atoms with Gasteiger partial charge in [0.05, 0.1) is 15.6 Å². The second-order valence-electron chi connectivity index (χ2n) is 5.49. The van der Waals surface area contributed by atoms with Gasteiger partial charge in [-0.1, -0.05) is 29.3 Å². The van der Waals surface area contributed by atoms with E-state index < -0.39 is 4.92 Å². The summed E-state index contributed by atoms with van der Waals surface area (Å²) in [5.41, 5.74) is 1.84. The third-order valence-corrected chi connectivity index (χ3v) is 4.65. The van der Waals surface area contributed by atoms with Crippen molar-refractivity contribution in [3.8, 4) is 11.5 Å². The molecule has 2 aromatic carbocycles. The van der Waals surface area contributed by atoms with Gasteiger partial charge in [-0.05, 0) is 25.1 Å². The highest BCUT2D eigenvalue weighted by Crippen LogP contribution is 2.29. The molecule has 3 rings (SSSR count). The van der Waals surface area contributed by atoms with Gasteiger partial charge in [0.1, 0.15) is 29.7 Å². The summed E-state index contributed by atoms with van der Waals surface area (Å²) < 4.78 is 11.3. The van der Waals surface area contributed by atoms with Crippen molar-refractivity contribution in [2.24, 2.45) is 0 Å². The van der Waals surface area contributed by atoms with E-state index in [1.165, 1.54) is 35.1 Å². The first-order chi connectivity index (χ1) is 12.5. The second-order valence-corrected chi connectivity index (χ2v) is 6.84. The zero-order chi connectivity index (χ0) is 18.5. The average molecular weight is 391 g/mol. The maximum atomic E-state index is 10.7. The standard InChI is InChI=1S/C18H15ClN2O4S/c1-12-2-5-15(6-3-12)24-10-18-20-13(11-26-18)9-25-17-7-4-14(21(22)23)8-16(17)19/h2-8,11H,9-10H2,1H3. The van der Waals surface area contributed by atoms with Crippen LogP contribution < -0.4 is 9.47 Å². The molecule has 8 heteroatoms. The lowest BCUT2D eigenvalue weighted by Crippen LogP contribution is -1.99. The maximum Gasteiger partial charge on any atom is 0.271 e. The Balaban J connectivity index is 1.55. The van der Waals surface area contributed by atoms with Crippen LogP contribution in [-0.4, -0.2) is 9.91 Å². The van der Waals surface area contributed by atoms with Crippen molar-refractivity contribution in [3.05, 3.63) is 79.2 Å². The summed E-state index contributed by atoms with van der Waals surface area (Å²) >= 11 is 7.49. The summed E-state index contributed by atoms with van der Waals surface area (Å²) in [5, 5.41) is 13.6. The molecule has 0 spiro atoms. The van der Waals surface area contributed by atoms with Crippen molar-refractivity contribution < 1.29 is 14.4 Å². The van der Waals surface area contributed by atoms with E-state index in [-0.39, 0.29) is 17.3 Å². The van der Waals surface area contributed by atoms with Gasteiger partial charge in [0.25, 0.3) is 5.69 Å². The van der Waals surface area contributed by atoms with E-state index in [2.05, 4.69) is 4.98 Å². The fraction of sp³-hybridized carbons (Fsp3) is 0.167. The number of aromatic nitrogens is 1. The van der Waals surface area contributed by atoms with E-state index in [9.17, 15) is 10.1 Å². The molecule has 0 aliphatic heterocycles. The molecule has 0 bridgehead atoms. The first kappa shape index (κ1) is 18.2. The molecule has 0 fully saturated rings. The number of nitro benzene ring substituents is 1. The lowest BCUT2D eigenvalue weighted by molar-refractivity contribution is -0.384. The number of nitrogens with zero attached hydrogens (tertiary/aromatic N) is 2. The Morgan fingerprint density at radius 1 is 1.15 bits per heavy atom. The van der Waals surface area contributed by atoms with Crippen LogP contribution >= 0.6 is 22.9 Å². The van der Waals surface area contributed by atoms with E-state index in [1.807, 2.05) is 36.6 Å². The van der Waals surface area contributed by atoms with Crippen LogP contribution in [0.1, 0.15) is 16.3 Å². The molecule has 0 aliphatic carbocycles. The number of benzene rings is 2. The first-order valence-electron chi connectivity index (χ1n) is 7.71. The molecule has 134 valence electrons. The predicted octanol–water partition coefficient (Wildman–Crippen LogP) is 5.17. The summed E-state index contributed by atoms with van der Waals surface area (Å²) in [4.78, 5) is 14.7. The molecule has 0 radical (unpaired) electrons. The third kappa shape index (κ3) is 4.71. The normalized spacial score (nSPS) is 10.5. The van der Waals surface area contributed by atoms with Crippen LogP contribution in [0.25, 0.3) is 0 Å². The predicted molar refractivity (Wildman–Crippen MR) is 100 cm³/mol. The molecular formula is C18H15ClN2O4S. The summed E-state index contributed by atoms with van der Waals surface area (Å²) in [6.45, 7) is 2.62. The lowest BCUT2D eigenvalue weighted by Gasteiger charge is -2.06. The number of hydrogen-bond donors (Lipinski definition) is 0. The fourth-order valence-electron chi connectivity index (χ4n) is 2.13. The highest BCUT2D eigenvalue weighted by Gasteiger charge is 2.11. The molecule has 6 nitrogen and oxygen atoms in total. The Kier molecular flexibility index (Phi) is 5.70. The van der Waals surface area contributed by atoms with Crippen LogP contribution in [0.3, 0.4) is 0 Å². The highest BCUT2D eigenvalue weighted by molar-refractivity contribution is 7.09. The van der Waals surface area contributed by atoms with Gasteiger partial charge in [0.15, 0.2) is 0 Å². The average Bonchev–Trinajstić information content (AvgIpc) is 3.08. The van der Waals surface area contributed by atoms with Gasteiger partial charge in [0, 0.05) is 17.5 Å². The number of ether oxygens (including phenoxy) is 2. The second kappa shape index (κ2) is 8.16. The molecule has 1 heterocycles. The number of non-ortho nitro benzene ring substituents is 1. The van der Waals surface area contributed by atoms with Gasteiger partial charge in [-0.15, -0.1) is 11.3 Å². The van der Waals surface area contributed by atoms with E-state index in [4.69, 9.17) is 21.1 Å². The van der Waals surface area contributed by atoms with Crippen molar-refractivity contribution in [3.63, 3.8) is 0 Å².